The topological polar surface area (TPSA) is 77.4 Å². The summed E-state index contributed by atoms with van der Waals surface area (Å²) in [5.41, 5.74) is 4.00. The molecule has 0 bridgehead atoms. The first kappa shape index (κ1) is 23.3. The SMILES string of the molecule is N#CCc1ccc(OCc2cccc(NC(=O)NC3CCN(Cc4ccccc4)CC3)c2)cc1. The van der Waals surface area contributed by atoms with Crippen molar-refractivity contribution in [3.05, 3.63) is 95.6 Å². The highest BCUT2D eigenvalue weighted by atomic mass is 16.5. The molecule has 1 heterocycles. The fraction of sp³-hybridized carbons (Fsp3) is 0.286. The Labute approximate surface area is 201 Å². The lowest BCUT2D eigenvalue weighted by Gasteiger charge is -2.32. The largest absolute Gasteiger partial charge is 0.489 e. The van der Waals surface area contributed by atoms with Crippen LogP contribution in [0.2, 0.25) is 0 Å². The normalized spacial score (nSPS) is 14.2. The van der Waals surface area contributed by atoms with E-state index in [4.69, 9.17) is 10.00 Å². The van der Waals surface area contributed by atoms with E-state index in [1.165, 1.54) is 5.56 Å². The molecule has 0 saturated carbocycles. The van der Waals surface area contributed by atoms with Gasteiger partial charge in [0.2, 0.25) is 0 Å². The number of carbonyl (C=O) groups excluding carboxylic acids is 1. The first-order valence-electron chi connectivity index (χ1n) is 11.7. The minimum atomic E-state index is -0.173. The Morgan fingerprint density at radius 3 is 2.41 bits per heavy atom. The van der Waals surface area contributed by atoms with Gasteiger partial charge in [-0.05, 0) is 53.8 Å². The van der Waals surface area contributed by atoms with Crippen molar-refractivity contribution in [1.29, 1.82) is 5.26 Å². The number of hydrogen-bond acceptors (Lipinski definition) is 4. The van der Waals surface area contributed by atoms with E-state index in [0.717, 1.165) is 55.0 Å². The number of carbonyl (C=O) groups is 1. The number of ether oxygens (including phenoxy) is 1. The van der Waals surface area contributed by atoms with E-state index in [-0.39, 0.29) is 12.1 Å². The number of likely N-dealkylation sites (tertiary alicyclic amines) is 1. The molecule has 6 nitrogen and oxygen atoms in total. The molecule has 0 unspecified atom stereocenters. The van der Waals surface area contributed by atoms with Crippen LogP contribution in [-0.4, -0.2) is 30.1 Å². The molecule has 34 heavy (non-hydrogen) atoms. The third-order valence-electron chi connectivity index (χ3n) is 5.97. The number of anilines is 1. The van der Waals surface area contributed by atoms with E-state index < -0.39 is 0 Å². The van der Waals surface area contributed by atoms with E-state index >= 15 is 0 Å². The van der Waals surface area contributed by atoms with Crippen LogP contribution >= 0.6 is 0 Å². The van der Waals surface area contributed by atoms with Gasteiger partial charge in [-0.1, -0.05) is 54.6 Å². The number of nitrogens with zero attached hydrogens (tertiary/aromatic N) is 2. The third kappa shape index (κ3) is 7.09. The summed E-state index contributed by atoms with van der Waals surface area (Å²) < 4.78 is 5.84. The lowest BCUT2D eigenvalue weighted by atomic mass is 10.0. The second-order valence-corrected chi connectivity index (χ2v) is 8.60. The van der Waals surface area contributed by atoms with Crippen molar-refractivity contribution in [2.75, 3.05) is 18.4 Å². The third-order valence-corrected chi connectivity index (χ3v) is 5.97. The first-order valence-corrected chi connectivity index (χ1v) is 11.7. The second-order valence-electron chi connectivity index (χ2n) is 8.60. The number of benzene rings is 3. The van der Waals surface area contributed by atoms with Crippen LogP contribution in [0.25, 0.3) is 0 Å². The van der Waals surface area contributed by atoms with Crippen LogP contribution in [0.15, 0.2) is 78.9 Å². The van der Waals surface area contributed by atoms with E-state index in [1.54, 1.807) is 0 Å². The molecular weight excluding hydrogens is 424 g/mol. The number of hydrogen-bond donors (Lipinski definition) is 2. The van der Waals surface area contributed by atoms with Gasteiger partial charge in [0.15, 0.2) is 0 Å². The van der Waals surface area contributed by atoms with E-state index in [9.17, 15) is 4.79 Å². The molecule has 174 valence electrons. The van der Waals surface area contributed by atoms with Gasteiger partial charge in [0.1, 0.15) is 12.4 Å². The van der Waals surface area contributed by atoms with Gasteiger partial charge in [-0.25, -0.2) is 4.79 Å². The highest BCUT2D eigenvalue weighted by molar-refractivity contribution is 5.89. The number of piperidine rings is 1. The Bertz CT molecular complexity index is 1100. The maximum Gasteiger partial charge on any atom is 0.319 e. The number of nitriles is 1. The Kier molecular flexibility index (Phi) is 8.15. The fourth-order valence-corrected chi connectivity index (χ4v) is 4.13. The molecule has 1 fully saturated rings. The van der Waals surface area contributed by atoms with Gasteiger partial charge >= 0.3 is 6.03 Å². The molecule has 3 aromatic rings. The molecule has 1 saturated heterocycles. The summed E-state index contributed by atoms with van der Waals surface area (Å²) in [6.45, 7) is 3.31. The van der Waals surface area contributed by atoms with Crippen LogP contribution in [-0.2, 0) is 19.6 Å². The summed E-state index contributed by atoms with van der Waals surface area (Å²) in [6.07, 6.45) is 2.28. The Hall–Kier alpha value is -3.82. The zero-order valence-corrected chi connectivity index (χ0v) is 19.2. The molecule has 0 radical (unpaired) electrons. The lowest BCUT2D eigenvalue weighted by molar-refractivity contribution is 0.190. The summed E-state index contributed by atoms with van der Waals surface area (Å²) >= 11 is 0. The minimum Gasteiger partial charge on any atom is -0.489 e. The zero-order chi connectivity index (χ0) is 23.6. The van der Waals surface area contributed by atoms with Crippen molar-refractivity contribution in [3.63, 3.8) is 0 Å². The van der Waals surface area contributed by atoms with Gasteiger partial charge in [-0.2, -0.15) is 5.26 Å². The van der Waals surface area contributed by atoms with E-state index in [0.29, 0.717) is 13.0 Å². The van der Waals surface area contributed by atoms with E-state index in [2.05, 4.69) is 45.9 Å². The molecule has 2 N–H and O–H groups in total. The van der Waals surface area contributed by atoms with Gasteiger partial charge in [-0.15, -0.1) is 0 Å². The summed E-state index contributed by atoms with van der Waals surface area (Å²) in [7, 11) is 0. The Morgan fingerprint density at radius 2 is 1.68 bits per heavy atom. The van der Waals surface area contributed by atoms with Gasteiger partial charge in [0.25, 0.3) is 0 Å². The molecule has 0 atom stereocenters. The quantitative estimate of drug-likeness (QED) is 0.495. The Morgan fingerprint density at radius 1 is 0.941 bits per heavy atom. The fourth-order valence-electron chi connectivity index (χ4n) is 4.13. The summed E-state index contributed by atoms with van der Waals surface area (Å²) in [4.78, 5) is 15.0. The summed E-state index contributed by atoms with van der Waals surface area (Å²) in [5, 5.41) is 14.8. The highest BCUT2D eigenvalue weighted by Crippen LogP contribution is 2.17. The lowest BCUT2D eigenvalue weighted by Crippen LogP contribution is -2.45. The monoisotopic (exact) mass is 454 g/mol. The molecule has 4 rings (SSSR count). The van der Waals surface area contributed by atoms with E-state index in [1.807, 2.05) is 54.6 Å². The zero-order valence-electron chi connectivity index (χ0n) is 19.2. The van der Waals surface area contributed by atoms with Gasteiger partial charge in [0.05, 0.1) is 12.5 Å². The van der Waals surface area contributed by atoms with Crippen molar-refractivity contribution in [2.45, 2.75) is 38.5 Å². The van der Waals surface area contributed by atoms with Gasteiger partial charge in [0, 0.05) is 31.4 Å². The number of nitrogens with one attached hydrogen (secondary N) is 2. The van der Waals surface area contributed by atoms with Crippen molar-refractivity contribution in [1.82, 2.24) is 10.2 Å². The van der Waals surface area contributed by atoms with Crippen LogP contribution in [0.5, 0.6) is 5.75 Å². The molecule has 1 aliphatic heterocycles. The van der Waals surface area contributed by atoms with Crippen LogP contribution in [0, 0.1) is 11.3 Å². The molecular formula is C28H30N4O2. The molecule has 1 aliphatic rings. The number of amides is 2. The Balaban J connectivity index is 1.21. The van der Waals surface area contributed by atoms with Crippen molar-refractivity contribution < 1.29 is 9.53 Å². The molecule has 0 spiro atoms. The van der Waals surface area contributed by atoms with Gasteiger partial charge < -0.3 is 15.4 Å². The predicted molar refractivity (Wildman–Crippen MR) is 133 cm³/mol. The average Bonchev–Trinajstić information content (AvgIpc) is 2.86. The van der Waals surface area contributed by atoms with Crippen molar-refractivity contribution in [2.24, 2.45) is 0 Å². The second kappa shape index (κ2) is 11.9. The first-order chi connectivity index (χ1) is 16.7. The average molecular weight is 455 g/mol. The maximum atomic E-state index is 12.5. The molecule has 3 aromatic carbocycles. The van der Waals surface area contributed by atoms with Crippen LogP contribution in [0.4, 0.5) is 10.5 Å². The molecule has 2 amide bonds. The van der Waals surface area contributed by atoms with Crippen molar-refractivity contribution in [3.8, 4) is 11.8 Å². The minimum absolute atomic E-state index is 0.173. The standard InChI is InChI=1S/C28H30N4O2/c29-16-13-22-9-11-27(12-10-22)34-21-24-7-4-8-26(19-24)31-28(33)30-25-14-17-32(18-15-25)20-23-5-2-1-3-6-23/h1-12,19,25H,13-15,17-18,20-21H2,(H2,30,31,33). The van der Waals surface area contributed by atoms with Crippen molar-refractivity contribution >= 4 is 11.7 Å². The number of urea groups is 1. The molecule has 0 aromatic heterocycles. The summed E-state index contributed by atoms with van der Waals surface area (Å²) in [6, 6.07) is 27.9. The smallest absolute Gasteiger partial charge is 0.319 e. The van der Waals surface area contributed by atoms with Crippen LogP contribution in [0.1, 0.15) is 29.5 Å². The summed E-state index contributed by atoms with van der Waals surface area (Å²) in [5.74, 6) is 0.747. The van der Waals surface area contributed by atoms with Gasteiger partial charge in [-0.3, -0.25) is 4.90 Å². The van der Waals surface area contributed by atoms with Crippen LogP contribution in [0.3, 0.4) is 0 Å². The predicted octanol–water partition coefficient (Wildman–Crippen LogP) is 5.12. The molecule has 6 heteroatoms. The molecule has 0 aliphatic carbocycles. The highest BCUT2D eigenvalue weighted by Gasteiger charge is 2.20. The number of rotatable bonds is 8. The maximum absolute atomic E-state index is 12.5. The van der Waals surface area contributed by atoms with Crippen LogP contribution < -0.4 is 15.4 Å².